The van der Waals surface area contributed by atoms with Gasteiger partial charge < -0.3 is 15.2 Å². The Kier molecular flexibility index (Phi) is 6.14. The highest BCUT2D eigenvalue weighted by Gasteiger charge is 2.19. The van der Waals surface area contributed by atoms with E-state index in [-0.39, 0.29) is 11.3 Å². The second-order valence-corrected chi connectivity index (χ2v) is 8.38. The topological polar surface area (TPSA) is 58.6 Å². The molecule has 1 aliphatic rings. The first kappa shape index (κ1) is 20.5. The van der Waals surface area contributed by atoms with Gasteiger partial charge in [0.25, 0.3) is 5.91 Å². The van der Waals surface area contributed by atoms with Crippen LogP contribution in [-0.4, -0.2) is 17.6 Å². The molecule has 1 amide bonds. The van der Waals surface area contributed by atoms with Crippen molar-refractivity contribution in [2.24, 2.45) is 5.92 Å². The monoisotopic (exact) mass is 423 g/mol. The number of ether oxygens (including phenoxy) is 1. The fraction of sp³-hybridized carbons (Fsp3) is 0.320. The summed E-state index contributed by atoms with van der Waals surface area (Å²) in [5.41, 5.74) is 1.36. The maximum atomic E-state index is 12.9. The Bertz CT molecular complexity index is 1070. The van der Waals surface area contributed by atoms with Gasteiger partial charge >= 0.3 is 0 Å². The first-order valence-corrected chi connectivity index (χ1v) is 10.9. The molecular formula is C25H26ClNO3. The lowest BCUT2D eigenvalue weighted by Gasteiger charge is -2.22. The molecule has 1 saturated carbocycles. The molecule has 2 N–H and O–H groups in total. The Morgan fingerprint density at radius 1 is 1.13 bits per heavy atom. The van der Waals surface area contributed by atoms with Crippen molar-refractivity contribution in [3.05, 3.63) is 64.7 Å². The smallest absolute Gasteiger partial charge is 0.259 e. The van der Waals surface area contributed by atoms with E-state index in [2.05, 4.69) is 5.32 Å². The zero-order valence-electron chi connectivity index (χ0n) is 17.1. The SMILES string of the molecule is Cc1c(O)c(C(=O)Nc2cccc(OCC3CCCCC3)c2Cl)cc2ccccc12. The molecule has 156 valence electrons. The van der Waals surface area contributed by atoms with Gasteiger partial charge in [-0.25, -0.2) is 0 Å². The third-order valence-corrected chi connectivity index (χ3v) is 6.32. The van der Waals surface area contributed by atoms with Gasteiger partial charge in [-0.3, -0.25) is 4.79 Å². The van der Waals surface area contributed by atoms with Crippen LogP contribution in [0, 0.1) is 12.8 Å². The molecule has 4 nitrogen and oxygen atoms in total. The number of fused-ring (bicyclic) bond motifs is 1. The quantitative estimate of drug-likeness (QED) is 0.479. The number of amides is 1. The zero-order valence-corrected chi connectivity index (χ0v) is 17.8. The second kappa shape index (κ2) is 8.97. The summed E-state index contributed by atoms with van der Waals surface area (Å²) in [6.45, 7) is 2.45. The van der Waals surface area contributed by atoms with Crippen LogP contribution in [0.5, 0.6) is 11.5 Å². The molecule has 3 aromatic carbocycles. The van der Waals surface area contributed by atoms with Crippen molar-refractivity contribution < 1.29 is 14.6 Å². The van der Waals surface area contributed by atoms with Crippen LogP contribution >= 0.6 is 11.6 Å². The lowest BCUT2D eigenvalue weighted by atomic mass is 9.90. The van der Waals surface area contributed by atoms with E-state index in [0.29, 0.717) is 34.5 Å². The summed E-state index contributed by atoms with van der Waals surface area (Å²) in [6.07, 6.45) is 6.20. The molecule has 1 fully saturated rings. The molecule has 4 rings (SSSR count). The van der Waals surface area contributed by atoms with E-state index >= 15 is 0 Å². The molecule has 5 heteroatoms. The number of halogens is 1. The van der Waals surface area contributed by atoms with E-state index in [9.17, 15) is 9.90 Å². The molecular weight excluding hydrogens is 398 g/mol. The second-order valence-electron chi connectivity index (χ2n) is 8.01. The number of aromatic hydroxyl groups is 1. The minimum Gasteiger partial charge on any atom is -0.507 e. The average molecular weight is 424 g/mol. The van der Waals surface area contributed by atoms with Crippen LogP contribution in [0.4, 0.5) is 5.69 Å². The molecule has 0 aromatic heterocycles. The van der Waals surface area contributed by atoms with Crippen LogP contribution in [0.25, 0.3) is 10.8 Å². The number of phenols is 1. The molecule has 0 saturated heterocycles. The summed E-state index contributed by atoms with van der Waals surface area (Å²) in [7, 11) is 0. The van der Waals surface area contributed by atoms with Crippen molar-refractivity contribution in [2.45, 2.75) is 39.0 Å². The Morgan fingerprint density at radius 2 is 1.90 bits per heavy atom. The standard InChI is InChI=1S/C25H26ClNO3/c1-16-19-11-6-5-10-18(19)14-20(24(16)28)25(29)27-21-12-7-13-22(23(21)26)30-15-17-8-3-2-4-9-17/h5-7,10-14,17,28H,2-4,8-9,15H2,1H3,(H,27,29). The van der Waals surface area contributed by atoms with Gasteiger partial charge in [-0.1, -0.05) is 61.2 Å². The maximum absolute atomic E-state index is 12.9. The van der Waals surface area contributed by atoms with Gasteiger partial charge in [0.15, 0.2) is 0 Å². The number of hydrogen-bond acceptors (Lipinski definition) is 3. The molecule has 0 unspecified atom stereocenters. The van der Waals surface area contributed by atoms with Crippen molar-refractivity contribution in [3.63, 3.8) is 0 Å². The zero-order chi connectivity index (χ0) is 21.1. The highest BCUT2D eigenvalue weighted by atomic mass is 35.5. The molecule has 0 bridgehead atoms. The van der Waals surface area contributed by atoms with E-state index in [1.807, 2.05) is 36.4 Å². The van der Waals surface area contributed by atoms with E-state index < -0.39 is 5.91 Å². The van der Waals surface area contributed by atoms with E-state index in [1.54, 1.807) is 19.1 Å². The van der Waals surface area contributed by atoms with Crippen LogP contribution in [0.15, 0.2) is 48.5 Å². The number of phenolic OH excluding ortho intramolecular Hbond substituents is 1. The molecule has 0 aliphatic heterocycles. The number of rotatable bonds is 5. The Hall–Kier alpha value is -2.72. The normalized spacial score (nSPS) is 14.6. The predicted molar refractivity (Wildman–Crippen MR) is 122 cm³/mol. The summed E-state index contributed by atoms with van der Waals surface area (Å²) >= 11 is 6.52. The Morgan fingerprint density at radius 3 is 2.70 bits per heavy atom. The van der Waals surface area contributed by atoms with Crippen LogP contribution in [-0.2, 0) is 0 Å². The summed E-state index contributed by atoms with van der Waals surface area (Å²) in [4.78, 5) is 12.9. The number of carbonyl (C=O) groups is 1. The highest BCUT2D eigenvalue weighted by molar-refractivity contribution is 6.35. The molecule has 0 radical (unpaired) electrons. The molecule has 0 heterocycles. The maximum Gasteiger partial charge on any atom is 0.259 e. The molecule has 0 spiro atoms. The van der Waals surface area contributed by atoms with E-state index in [1.165, 1.54) is 32.1 Å². The summed E-state index contributed by atoms with van der Waals surface area (Å²) in [5.74, 6) is 0.698. The van der Waals surface area contributed by atoms with Gasteiger partial charge in [0, 0.05) is 0 Å². The van der Waals surface area contributed by atoms with Gasteiger partial charge in [-0.05, 0) is 60.2 Å². The summed E-state index contributed by atoms with van der Waals surface area (Å²) in [5, 5.41) is 15.6. The van der Waals surface area contributed by atoms with Gasteiger partial charge in [0.2, 0.25) is 0 Å². The predicted octanol–water partition coefficient (Wildman–Crippen LogP) is 6.72. The average Bonchev–Trinajstić information content (AvgIpc) is 2.77. The van der Waals surface area contributed by atoms with Crippen molar-refractivity contribution in [2.75, 3.05) is 11.9 Å². The van der Waals surface area contributed by atoms with Gasteiger partial charge in [-0.2, -0.15) is 0 Å². The Balaban J connectivity index is 1.53. The van der Waals surface area contributed by atoms with Gasteiger partial charge in [-0.15, -0.1) is 0 Å². The van der Waals surface area contributed by atoms with Gasteiger partial charge in [0.05, 0.1) is 17.9 Å². The van der Waals surface area contributed by atoms with Crippen molar-refractivity contribution >= 4 is 34.0 Å². The highest BCUT2D eigenvalue weighted by Crippen LogP contribution is 2.35. The summed E-state index contributed by atoms with van der Waals surface area (Å²) in [6, 6.07) is 14.7. The van der Waals surface area contributed by atoms with E-state index in [0.717, 1.165) is 10.8 Å². The number of aryl methyl sites for hydroxylation is 1. The lowest BCUT2D eigenvalue weighted by Crippen LogP contribution is -2.16. The van der Waals surface area contributed by atoms with Gasteiger partial charge in [0.1, 0.15) is 16.5 Å². The number of benzene rings is 3. The fourth-order valence-corrected chi connectivity index (χ4v) is 4.39. The molecule has 30 heavy (non-hydrogen) atoms. The van der Waals surface area contributed by atoms with Crippen LogP contribution < -0.4 is 10.1 Å². The lowest BCUT2D eigenvalue weighted by molar-refractivity contribution is 0.102. The fourth-order valence-electron chi connectivity index (χ4n) is 4.16. The number of carbonyl (C=O) groups excluding carboxylic acids is 1. The molecule has 3 aromatic rings. The van der Waals surface area contributed by atoms with Crippen LogP contribution in [0.3, 0.4) is 0 Å². The largest absolute Gasteiger partial charge is 0.507 e. The van der Waals surface area contributed by atoms with E-state index in [4.69, 9.17) is 16.3 Å². The minimum atomic E-state index is -0.410. The number of anilines is 1. The first-order chi connectivity index (χ1) is 14.5. The van der Waals surface area contributed by atoms with Crippen molar-refractivity contribution in [1.29, 1.82) is 0 Å². The third-order valence-electron chi connectivity index (χ3n) is 5.93. The Labute approximate surface area is 181 Å². The van der Waals surface area contributed by atoms with Crippen molar-refractivity contribution in [3.8, 4) is 11.5 Å². The first-order valence-electron chi connectivity index (χ1n) is 10.5. The van der Waals surface area contributed by atoms with Crippen LogP contribution in [0.2, 0.25) is 5.02 Å². The molecule has 0 atom stereocenters. The minimum absolute atomic E-state index is 0.0213. The third kappa shape index (κ3) is 4.24. The van der Waals surface area contributed by atoms with Crippen molar-refractivity contribution in [1.82, 2.24) is 0 Å². The number of hydrogen-bond donors (Lipinski definition) is 2. The molecule has 1 aliphatic carbocycles. The number of nitrogens with one attached hydrogen (secondary N) is 1. The van der Waals surface area contributed by atoms with Crippen LogP contribution in [0.1, 0.15) is 48.0 Å². The summed E-state index contributed by atoms with van der Waals surface area (Å²) < 4.78 is 5.97.